The number of hydrogen-bond acceptors (Lipinski definition) is 4. The lowest BCUT2D eigenvalue weighted by Gasteiger charge is -2.22. The molecule has 0 aliphatic carbocycles. The van der Waals surface area contributed by atoms with E-state index >= 15 is 0 Å². The standard InChI is InChI=1S/C12H25NO3/c1-5-13(8-6-10-14)9-7-11(15)16-12(2,3)4/h14H,5-10H2,1-4H3. The van der Waals surface area contributed by atoms with Gasteiger partial charge in [-0.1, -0.05) is 6.92 Å². The van der Waals surface area contributed by atoms with E-state index in [0.29, 0.717) is 13.0 Å². The number of esters is 1. The first-order chi connectivity index (χ1) is 7.39. The van der Waals surface area contributed by atoms with Crippen molar-refractivity contribution in [2.45, 2.75) is 46.1 Å². The van der Waals surface area contributed by atoms with Crippen LogP contribution in [0.5, 0.6) is 0 Å². The molecule has 0 heterocycles. The third-order valence-corrected chi connectivity index (χ3v) is 2.13. The Balaban J connectivity index is 3.79. The van der Waals surface area contributed by atoms with Crippen LogP contribution in [-0.2, 0) is 9.53 Å². The van der Waals surface area contributed by atoms with Crippen molar-refractivity contribution >= 4 is 5.97 Å². The normalized spacial score (nSPS) is 11.9. The van der Waals surface area contributed by atoms with E-state index in [2.05, 4.69) is 4.90 Å². The zero-order valence-corrected chi connectivity index (χ0v) is 11.0. The van der Waals surface area contributed by atoms with E-state index in [4.69, 9.17) is 9.84 Å². The van der Waals surface area contributed by atoms with Crippen molar-refractivity contribution in [1.82, 2.24) is 4.90 Å². The fourth-order valence-corrected chi connectivity index (χ4v) is 1.36. The molecule has 0 rings (SSSR count). The molecule has 0 bridgehead atoms. The highest BCUT2D eigenvalue weighted by atomic mass is 16.6. The van der Waals surface area contributed by atoms with Gasteiger partial charge in [-0.3, -0.25) is 4.79 Å². The van der Waals surface area contributed by atoms with Crippen LogP contribution in [0.1, 0.15) is 40.5 Å². The van der Waals surface area contributed by atoms with Gasteiger partial charge in [0, 0.05) is 19.7 Å². The Morgan fingerprint density at radius 2 is 1.94 bits per heavy atom. The maximum Gasteiger partial charge on any atom is 0.307 e. The van der Waals surface area contributed by atoms with Crippen molar-refractivity contribution in [3.8, 4) is 0 Å². The maximum absolute atomic E-state index is 11.5. The number of rotatable bonds is 7. The molecule has 0 saturated carbocycles. The number of hydrogen-bond donors (Lipinski definition) is 1. The van der Waals surface area contributed by atoms with Gasteiger partial charge in [0.05, 0.1) is 6.42 Å². The van der Waals surface area contributed by atoms with Crippen molar-refractivity contribution in [3.63, 3.8) is 0 Å². The zero-order chi connectivity index (χ0) is 12.6. The van der Waals surface area contributed by atoms with Crippen LogP contribution in [0.4, 0.5) is 0 Å². The fraction of sp³-hybridized carbons (Fsp3) is 0.917. The molecule has 4 heteroatoms. The van der Waals surface area contributed by atoms with Crippen molar-refractivity contribution in [2.75, 3.05) is 26.2 Å². The fourth-order valence-electron chi connectivity index (χ4n) is 1.36. The highest BCUT2D eigenvalue weighted by Gasteiger charge is 2.16. The Labute approximate surface area is 98.6 Å². The van der Waals surface area contributed by atoms with Crippen molar-refractivity contribution in [2.24, 2.45) is 0 Å². The molecule has 0 aromatic carbocycles. The monoisotopic (exact) mass is 231 g/mol. The highest BCUT2D eigenvalue weighted by molar-refractivity contribution is 5.70. The second kappa shape index (κ2) is 7.63. The first-order valence-electron chi connectivity index (χ1n) is 5.94. The summed E-state index contributed by atoms with van der Waals surface area (Å²) in [5, 5.41) is 8.72. The quantitative estimate of drug-likeness (QED) is 0.673. The summed E-state index contributed by atoms with van der Waals surface area (Å²) in [5.74, 6) is -0.157. The average molecular weight is 231 g/mol. The summed E-state index contributed by atoms with van der Waals surface area (Å²) in [5.41, 5.74) is -0.404. The topological polar surface area (TPSA) is 49.8 Å². The van der Waals surface area contributed by atoms with Gasteiger partial charge in [0.1, 0.15) is 5.60 Å². The summed E-state index contributed by atoms with van der Waals surface area (Å²) in [6.45, 7) is 10.3. The molecule has 0 aliphatic rings. The first kappa shape index (κ1) is 15.4. The van der Waals surface area contributed by atoms with Crippen LogP contribution in [-0.4, -0.2) is 47.8 Å². The van der Waals surface area contributed by atoms with E-state index in [0.717, 1.165) is 19.5 Å². The van der Waals surface area contributed by atoms with Gasteiger partial charge in [-0.25, -0.2) is 0 Å². The third kappa shape index (κ3) is 8.68. The molecule has 16 heavy (non-hydrogen) atoms. The summed E-state index contributed by atoms with van der Waals surface area (Å²) >= 11 is 0. The largest absolute Gasteiger partial charge is 0.460 e. The Kier molecular flexibility index (Phi) is 7.34. The number of ether oxygens (including phenoxy) is 1. The summed E-state index contributed by atoms with van der Waals surface area (Å²) in [6, 6.07) is 0. The Morgan fingerprint density at radius 3 is 2.38 bits per heavy atom. The van der Waals surface area contributed by atoms with Crippen LogP contribution < -0.4 is 0 Å². The van der Waals surface area contributed by atoms with E-state index in [1.807, 2.05) is 27.7 Å². The van der Waals surface area contributed by atoms with Crippen LogP contribution in [0.2, 0.25) is 0 Å². The van der Waals surface area contributed by atoms with E-state index in [1.165, 1.54) is 0 Å². The molecule has 4 nitrogen and oxygen atoms in total. The molecule has 0 atom stereocenters. The Hall–Kier alpha value is -0.610. The number of aliphatic hydroxyl groups is 1. The Bertz CT molecular complexity index is 199. The van der Waals surface area contributed by atoms with Crippen LogP contribution >= 0.6 is 0 Å². The van der Waals surface area contributed by atoms with Gasteiger partial charge in [0.15, 0.2) is 0 Å². The lowest BCUT2D eigenvalue weighted by molar-refractivity contribution is -0.155. The average Bonchev–Trinajstić information content (AvgIpc) is 2.15. The van der Waals surface area contributed by atoms with Crippen LogP contribution in [0, 0.1) is 0 Å². The molecule has 0 amide bonds. The predicted molar refractivity (Wildman–Crippen MR) is 64.3 cm³/mol. The number of carbonyl (C=O) groups excluding carboxylic acids is 1. The number of aliphatic hydroxyl groups excluding tert-OH is 1. The van der Waals surface area contributed by atoms with Gasteiger partial charge in [-0.15, -0.1) is 0 Å². The predicted octanol–water partition coefficient (Wildman–Crippen LogP) is 1.42. The molecule has 1 N–H and O–H groups in total. The number of nitrogens with zero attached hydrogens (tertiary/aromatic N) is 1. The zero-order valence-electron chi connectivity index (χ0n) is 11.0. The summed E-state index contributed by atoms with van der Waals surface area (Å²) in [6.07, 6.45) is 1.17. The molecule has 0 saturated heterocycles. The van der Waals surface area contributed by atoms with E-state index in [-0.39, 0.29) is 12.6 Å². The lowest BCUT2D eigenvalue weighted by Crippen LogP contribution is -2.30. The van der Waals surface area contributed by atoms with Gasteiger partial charge in [-0.2, -0.15) is 0 Å². The molecule has 0 aliphatic heterocycles. The van der Waals surface area contributed by atoms with E-state index < -0.39 is 5.60 Å². The minimum absolute atomic E-state index is 0.157. The Morgan fingerprint density at radius 1 is 1.31 bits per heavy atom. The van der Waals surface area contributed by atoms with Crippen molar-refractivity contribution in [1.29, 1.82) is 0 Å². The molecule has 0 unspecified atom stereocenters. The molecular formula is C12H25NO3. The van der Waals surface area contributed by atoms with Crippen LogP contribution in [0.25, 0.3) is 0 Å². The second-order valence-electron chi connectivity index (χ2n) is 4.85. The van der Waals surface area contributed by atoms with Crippen molar-refractivity contribution < 1.29 is 14.6 Å². The summed E-state index contributed by atoms with van der Waals surface area (Å²) in [4.78, 5) is 13.6. The number of carbonyl (C=O) groups is 1. The van der Waals surface area contributed by atoms with Crippen molar-refractivity contribution in [3.05, 3.63) is 0 Å². The van der Waals surface area contributed by atoms with E-state index in [9.17, 15) is 4.79 Å². The maximum atomic E-state index is 11.5. The minimum atomic E-state index is -0.404. The molecular weight excluding hydrogens is 206 g/mol. The van der Waals surface area contributed by atoms with Crippen LogP contribution in [0.15, 0.2) is 0 Å². The molecule has 0 fully saturated rings. The van der Waals surface area contributed by atoms with Gasteiger partial charge in [0.2, 0.25) is 0 Å². The molecule has 0 radical (unpaired) electrons. The minimum Gasteiger partial charge on any atom is -0.460 e. The first-order valence-corrected chi connectivity index (χ1v) is 5.94. The van der Waals surface area contributed by atoms with Gasteiger partial charge >= 0.3 is 5.97 Å². The molecule has 0 spiro atoms. The molecule has 0 aromatic rings. The second-order valence-corrected chi connectivity index (χ2v) is 4.85. The lowest BCUT2D eigenvalue weighted by atomic mass is 10.2. The van der Waals surface area contributed by atoms with Gasteiger partial charge in [0.25, 0.3) is 0 Å². The van der Waals surface area contributed by atoms with Gasteiger partial charge in [-0.05, 0) is 33.7 Å². The SMILES string of the molecule is CCN(CCCO)CCC(=O)OC(C)(C)C. The summed E-state index contributed by atoms with van der Waals surface area (Å²) < 4.78 is 5.22. The smallest absolute Gasteiger partial charge is 0.307 e. The third-order valence-electron chi connectivity index (χ3n) is 2.13. The van der Waals surface area contributed by atoms with Gasteiger partial charge < -0.3 is 14.7 Å². The molecule has 96 valence electrons. The molecule has 0 aromatic heterocycles. The highest BCUT2D eigenvalue weighted by Crippen LogP contribution is 2.08. The van der Waals surface area contributed by atoms with E-state index in [1.54, 1.807) is 0 Å². The van der Waals surface area contributed by atoms with Crippen LogP contribution in [0.3, 0.4) is 0 Å². The summed E-state index contributed by atoms with van der Waals surface area (Å²) in [7, 11) is 0.